The summed E-state index contributed by atoms with van der Waals surface area (Å²) in [5.41, 5.74) is 1.30. The van der Waals surface area contributed by atoms with Crippen molar-refractivity contribution >= 4 is 63.1 Å². The zero-order chi connectivity index (χ0) is 18.7. The monoisotopic (exact) mass is 500 g/mol. The Bertz CT molecular complexity index is 965. The largest absolute Gasteiger partial charge is 0.755 e. The predicted molar refractivity (Wildman–Crippen MR) is 106 cm³/mol. The molecule has 26 heavy (non-hydrogen) atoms. The van der Waals surface area contributed by atoms with Crippen LogP contribution in [0.15, 0.2) is 48.5 Å². The molecule has 3 aromatic rings. The molecular formula is C16H11IN3O4S2-. The minimum Gasteiger partial charge on any atom is -0.755 e. The van der Waals surface area contributed by atoms with Gasteiger partial charge in [-0.3, -0.25) is 8.51 Å². The van der Waals surface area contributed by atoms with Gasteiger partial charge in [0.2, 0.25) is 0 Å². The summed E-state index contributed by atoms with van der Waals surface area (Å²) in [5.74, 6) is -1.11. The van der Waals surface area contributed by atoms with Crippen LogP contribution in [0.5, 0.6) is 0 Å². The van der Waals surface area contributed by atoms with Crippen molar-refractivity contribution in [1.29, 1.82) is 0 Å². The van der Waals surface area contributed by atoms with Gasteiger partial charge in [0.15, 0.2) is 5.82 Å². The van der Waals surface area contributed by atoms with Crippen LogP contribution in [0.25, 0.3) is 0 Å². The van der Waals surface area contributed by atoms with E-state index in [1.165, 1.54) is 12.1 Å². The maximum atomic E-state index is 12.0. The van der Waals surface area contributed by atoms with E-state index >= 15 is 0 Å². The number of carbonyl (C=O) groups is 1. The standard InChI is InChI=1S/C16H12IN3O4S2/c17-11-6-7-12(16(21)22)14(9-11)20(26(23)24)15-13(18-25-19-15)8-10-4-2-1-3-5-10/h1-7,9H,8H2,(H,21,22)(H,23,24)/p-1. The van der Waals surface area contributed by atoms with Crippen molar-refractivity contribution in [1.82, 2.24) is 8.75 Å². The average molecular weight is 500 g/mol. The van der Waals surface area contributed by atoms with E-state index < -0.39 is 17.2 Å². The number of halogens is 1. The quantitative estimate of drug-likeness (QED) is 0.411. The lowest BCUT2D eigenvalue weighted by Gasteiger charge is -2.26. The van der Waals surface area contributed by atoms with Crippen LogP contribution in [0.2, 0.25) is 0 Å². The van der Waals surface area contributed by atoms with Crippen molar-refractivity contribution in [2.45, 2.75) is 6.42 Å². The summed E-state index contributed by atoms with van der Waals surface area (Å²) in [7, 11) is 0. The number of aromatic carboxylic acids is 1. The van der Waals surface area contributed by atoms with E-state index in [9.17, 15) is 18.7 Å². The van der Waals surface area contributed by atoms with E-state index in [-0.39, 0.29) is 17.1 Å². The molecule has 0 saturated carbocycles. The van der Waals surface area contributed by atoms with Crippen molar-refractivity contribution < 1.29 is 18.7 Å². The van der Waals surface area contributed by atoms with Gasteiger partial charge in [-0.25, -0.2) is 4.79 Å². The Balaban J connectivity index is 2.09. The fourth-order valence-corrected chi connectivity index (χ4v) is 4.05. The van der Waals surface area contributed by atoms with Crippen molar-refractivity contribution in [3.05, 3.63) is 68.9 Å². The van der Waals surface area contributed by atoms with E-state index in [1.54, 1.807) is 6.07 Å². The Morgan fingerprint density at radius 2 is 1.96 bits per heavy atom. The first-order valence-corrected chi connectivity index (χ1v) is 10.1. The first kappa shape index (κ1) is 18.9. The van der Waals surface area contributed by atoms with Gasteiger partial charge in [-0.05, 0) is 46.4 Å². The molecule has 1 heterocycles. The number of carboxylic acid groups (broad SMARTS) is 1. The van der Waals surface area contributed by atoms with Gasteiger partial charge in [-0.1, -0.05) is 30.3 Å². The predicted octanol–water partition coefficient (Wildman–Crippen LogP) is 3.36. The Hall–Kier alpha value is -1.89. The fraction of sp³-hybridized carbons (Fsp3) is 0.0625. The Morgan fingerprint density at radius 3 is 2.62 bits per heavy atom. The first-order valence-electron chi connectivity index (χ1n) is 7.25. The third-order valence-corrected chi connectivity index (χ3v) is 5.40. The van der Waals surface area contributed by atoms with Gasteiger partial charge in [0, 0.05) is 9.99 Å². The highest BCUT2D eigenvalue weighted by atomic mass is 127. The molecule has 1 unspecified atom stereocenters. The first-order chi connectivity index (χ1) is 12.5. The molecule has 0 amide bonds. The zero-order valence-electron chi connectivity index (χ0n) is 13.0. The van der Waals surface area contributed by atoms with Crippen LogP contribution in [-0.2, 0) is 17.7 Å². The summed E-state index contributed by atoms with van der Waals surface area (Å²) in [6.45, 7) is 0. The normalized spacial score (nSPS) is 11.9. The summed E-state index contributed by atoms with van der Waals surface area (Å²) < 4.78 is 33.8. The van der Waals surface area contributed by atoms with Crippen molar-refractivity contribution in [2.75, 3.05) is 4.31 Å². The maximum absolute atomic E-state index is 12.0. The molecule has 0 saturated heterocycles. The molecular weight excluding hydrogens is 489 g/mol. The molecule has 7 nitrogen and oxygen atoms in total. The van der Waals surface area contributed by atoms with Crippen LogP contribution in [0.1, 0.15) is 21.6 Å². The van der Waals surface area contributed by atoms with Gasteiger partial charge in [0.25, 0.3) is 0 Å². The number of benzene rings is 2. The van der Waals surface area contributed by atoms with E-state index in [0.717, 1.165) is 21.6 Å². The number of hydrogen-bond donors (Lipinski definition) is 1. The summed E-state index contributed by atoms with van der Waals surface area (Å²) in [5, 5.41) is 9.43. The molecule has 0 bridgehead atoms. The minimum absolute atomic E-state index is 0.0275. The van der Waals surface area contributed by atoms with Crippen LogP contribution in [0, 0.1) is 3.57 Å². The molecule has 0 aliphatic heterocycles. The van der Waals surface area contributed by atoms with Gasteiger partial charge in [0.1, 0.15) is 5.69 Å². The Labute approximate surface area is 169 Å². The number of nitrogens with zero attached hydrogens (tertiary/aromatic N) is 3. The molecule has 1 N–H and O–H groups in total. The van der Waals surface area contributed by atoms with Crippen LogP contribution in [0.3, 0.4) is 0 Å². The summed E-state index contributed by atoms with van der Waals surface area (Å²) >= 11 is 0.107. The Kier molecular flexibility index (Phi) is 5.96. The number of carboxylic acids is 1. The number of hydrogen-bond acceptors (Lipinski definition) is 6. The maximum Gasteiger partial charge on any atom is 0.337 e. The van der Waals surface area contributed by atoms with Crippen LogP contribution in [-0.4, -0.2) is 28.6 Å². The highest BCUT2D eigenvalue weighted by Gasteiger charge is 2.24. The summed E-state index contributed by atoms with van der Waals surface area (Å²) in [6, 6.07) is 13.9. The SMILES string of the molecule is O=C(O)c1ccc(I)cc1N(c1nsnc1Cc1ccccc1)S(=O)[O-]. The smallest absolute Gasteiger partial charge is 0.337 e. The van der Waals surface area contributed by atoms with E-state index in [0.29, 0.717) is 15.7 Å². The van der Waals surface area contributed by atoms with Crippen molar-refractivity contribution in [3.8, 4) is 0 Å². The minimum atomic E-state index is -2.77. The molecule has 10 heteroatoms. The number of aromatic nitrogens is 2. The molecule has 0 aliphatic carbocycles. The number of rotatable bonds is 6. The van der Waals surface area contributed by atoms with Gasteiger partial charge >= 0.3 is 5.97 Å². The zero-order valence-corrected chi connectivity index (χ0v) is 16.8. The summed E-state index contributed by atoms with van der Waals surface area (Å²) in [4.78, 5) is 11.5. The molecule has 0 spiro atoms. The molecule has 3 rings (SSSR count). The van der Waals surface area contributed by atoms with E-state index in [4.69, 9.17) is 0 Å². The second-order valence-corrected chi connectivity index (χ2v) is 7.75. The number of anilines is 2. The van der Waals surface area contributed by atoms with Crippen LogP contribution < -0.4 is 4.31 Å². The molecule has 134 valence electrons. The fourth-order valence-electron chi connectivity index (χ4n) is 2.38. The highest BCUT2D eigenvalue weighted by molar-refractivity contribution is 14.1. The second-order valence-electron chi connectivity index (χ2n) is 5.18. The second kappa shape index (κ2) is 8.20. The van der Waals surface area contributed by atoms with Gasteiger partial charge in [-0.15, -0.1) is 0 Å². The van der Waals surface area contributed by atoms with E-state index in [1.807, 2.05) is 52.9 Å². The molecule has 0 radical (unpaired) electrons. The Morgan fingerprint density at radius 1 is 1.23 bits per heavy atom. The lowest BCUT2D eigenvalue weighted by molar-refractivity contribution is 0.0698. The van der Waals surface area contributed by atoms with E-state index in [2.05, 4.69) is 8.75 Å². The molecule has 0 aliphatic rings. The van der Waals surface area contributed by atoms with Gasteiger partial charge in [0.05, 0.1) is 34.2 Å². The van der Waals surface area contributed by atoms with Crippen LogP contribution in [0.4, 0.5) is 11.5 Å². The summed E-state index contributed by atoms with van der Waals surface area (Å²) in [6.07, 6.45) is 0.382. The average Bonchev–Trinajstić information content (AvgIpc) is 3.03. The van der Waals surface area contributed by atoms with Crippen molar-refractivity contribution in [2.24, 2.45) is 0 Å². The topological polar surface area (TPSA) is 106 Å². The highest BCUT2D eigenvalue weighted by Crippen LogP contribution is 2.33. The van der Waals surface area contributed by atoms with Crippen molar-refractivity contribution in [3.63, 3.8) is 0 Å². The molecule has 1 atom stereocenters. The van der Waals surface area contributed by atoms with Crippen LogP contribution >= 0.6 is 34.3 Å². The van der Waals surface area contributed by atoms with Gasteiger partial charge < -0.3 is 9.66 Å². The van der Waals surface area contributed by atoms with Gasteiger partial charge in [-0.2, -0.15) is 8.75 Å². The lowest BCUT2D eigenvalue weighted by atomic mass is 10.1. The third kappa shape index (κ3) is 4.09. The molecule has 1 aromatic heterocycles. The third-order valence-electron chi connectivity index (χ3n) is 3.50. The molecule has 0 fully saturated rings. The molecule has 2 aromatic carbocycles. The lowest BCUT2D eigenvalue weighted by Crippen LogP contribution is -2.23.